The van der Waals surface area contributed by atoms with E-state index in [-0.39, 0.29) is 31.8 Å². The fourth-order valence-corrected chi connectivity index (χ4v) is 8.27. The molecule has 3 aliphatic rings. The Morgan fingerprint density at radius 3 is 2.04 bits per heavy atom. The number of imidazole rings is 1. The van der Waals surface area contributed by atoms with Gasteiger partial charge in [-0.1, -0.05) is 92.7 Å². The Hall–Kier alpha value is -5.69. The first-order chi connectivity index (χ1) is 27.6. The number of alkyl carbamates (subject to hydrolysis) is 1. The first kappa shape index (κ1) is 39.5. The molecule has 3 amide bonds. The Kier molecular flexibility index (Phi) is 11.9. The van der Waals surface area contributed by atoms with Crippen LogP contribution in [0.1, 0.15) is 69.1 Å². The lowest BCUT2D eigenvalue weighted by molar-refractivity contribution is -0.137. The highest BCUT2D eigenvalue weighted by Gasteiger charge is 2.43. The molecule has 13 heteroatoms. The normalized spacial score (nSPS) is 21.7. The molecule has 2 saturated heterocycles. The van der Waals surface area contributed by atoms with Crippen LogP contribution in [0.4, 0.5) is 13.6 Å². The van der Waals surface area contributed by atoms with E-state index in [1.165, 1.54) is 18.9 Å². The number of rotatable bonds is 12. The Balaban J connectivity index is 0.992. The van der Waals surface area contributed by atoms with Crippen LogP contribution in [-0.4, -0.2) is 106 Å². The number of aromatic amines is 1. The number of carbonyl (C=O) groups excluding carboxylic acids is 3. The van der Waals surface area contributed by atoms with Crippen LogP contribution < -0.4 is 5.32 Å². The zero-order valence-electron chi connectivity index (χ0n) is 32.7. The van der Waals surface area contributed by atoms with Gasteiger partial charge in [0.1, 0.15) is 30.3 Å². The Morgan fingerprint density at radius 1 is 0.842 bits per heavy atom. The number of ether oxygens (including phenoxy) is 1. The Morgan fingerprint density at radius 2 is 1.42 bits per heavy atom. The van der Waals surface area contributed by atoms with E-state index in [1.807, 2.05) is 74.6 Å². The highest BCUT2D eigenvalue weighted by Crippen LogP contribution is 2.36. The number of carbonyl (C=O) groups is 3. The van der Waals surface area contributed by atoms with Crippen LogP contribution in [0.15, 0.2) is 96.3 Å². The third kappa shape index (κ3) is 8.39. The largest absolute Gasteiger partial charge is 0.453 e. The van der Waals surface area contributed by atoms with E-state index < -0.39 is 48.5 Å². The van der Waals surface area contributed by atoms with Crippen molar-refractivity contribution in [1.82, 2.24) is 30.0 Å². The number of hydrogen-bond donors (Lipinski definition) is 2. The average molecular weight is 778 g/mol. The highest BCUT2D eigenvalue weighted by molar-refractivity contribution is 6.04. The van der Waals surface area contributed by atoms with E-state index in [0.717, 1.165) is 44.8 Å². The Bertz CT molecular complexity index is 2120. The van der Waals surface area contributed by atoms with E-state index in [0.29, 0.717) is 25.3 Å². The molecule has 298 valence electrons. The number of nitrogens with zero attached hydrogens (tertiary/aromatic N) is 5. The van der Waals surface area contributed by atoms with E-state index in [4.69, 9.17) is 4.99 Å². The molecule has 3 aliphatic heterocycles. The second kappa shape index (κ2) is 17.2. The van der Waals surface area contributed by atoms with Crippen molar-refractivity contribution in [1.29, 1.82) is 0 Å². The lowest BCUT2D eigenvalue weighted by atomic mass is 9.95. The minimum absolute atomic E-state index is 0.0637. The van der Waals surface area contributed by atoms with Gasteiger partial charge in [-0.25, -0.2) is 18.6 Å². The molecule has 2 N–H and O–H groups in total. The number of nitrogens with one attached hydrogen (secondary N) is 2. The summed E-state index contributed by atoms with van der Waals surface area (Å²) in [4.78, 5) is 56.7. The van der Waals surface area contributed by atoms with Crippen molar-refractivity contribution in [3.63, 3.8) is 0 Å². The molecule has 4 aromatic rings. The predicted molar refractivity (Wildman–Crippen MR) is 216 cm³/mol. The third-order valence-electron chi connectivity index (χ3n) is 11.3. The van der Waals surface area contributed by atoms with Crippen LogP contribution in [-0.2, 0) is 14.3 Å². The summed E-state index contributed by atoms with van der Waals surface area (Å²) >= 11 is 0. The van der Waals surface area contributed by atoms with Crippen molar-refractivity contribution >= 4 is 29.2 Å². The number of halogens is 2. The van der Waals surface area contributed by atoms with Crippen LogP contribution >= 0.6 is 0 Å². The lowest BCUT2D eigenvalue weighted by Crippen LogP contribution is -2.47. The molecule has 2 fully saturated rings. The van der Waals surface area contributed by atoms with Crippen LogP contribution in [0.3, 0.4) is 0 Å². The van der Waals surface area contributed by atoms with Gasteiger partial charge in [-0.3, -0.25) is 19.5 Å². The second-order valence-electron chi connectivity index (χ2n) is 14.9. The summed E-state index contributed by atoms with van der Waals surface area (Å²) in [6.45, 7) is 6.99. The van der Waals surface area contributed by atoms with Crippen LogP contribution in [0.25, 0.3) is 28.0 Å². The molecule has 57 heavy (non-hydrogen) atoms. The van der Waals surface area contributed by atoms with Crippen molar-refractivity contribution < 1.29 is 27.9 Å². The van der Waals surface area contributed by atoms with Gasteiger partial charge >= 0.3 is 6.09 Å². The van der Waals surface area contributed by atoms with Gasteiger partial charge in [-0.05, 0) is 53.4 Å². The van der Waals surface area contributed by atoms with Gasteiger partial charge < -0.3 is 24.8 Å². The lowest BCUT2D eigenvalue weighted by Gasteiger charge is -2.34. The topological polar surface area (TPSA) is 123 Å². The molecule has 6 atom stereocenters. The van der Waals surface area contributed by atoms with Crippen molar-refractivity contribution in [2.45, 2.75) is 76.5 Å². The second-order valence-corrected chi connectivity index (χ2v) is 14.9. The zero-order chi connectivity index (χ0) is 40.2. The Labute approximate surface area is 331 Å². The van der Waals surface area contributed by atoms with Crippen molar-refractivity contribution in [2.24, 2.45) is 4.99 Å². The molecule has 1 aromatic heterocycles. The first-order valence-corrected chi connectivity index (χ1v) is 19.6. The van der Waals surface area contributed by atoms with E-state index in [1.54, 1.807) is 11.1 Å². The van der Waals surface area contributed by atoms with Gasteiger partial charge in [0, 0.05) is 31.2 Å². The number of alkyl halides is 2. The summed E-state index contributed by atoms with van der Waals surface area (Å²) in [6, 6.07) is 23.6. The molecule has 0 aliphatic carbocycles. The number of methoxy groups -OCH3 is 1. The summed E-state index contributed by atoms with van der Waals surface area (Å²) in [6.07, 6.45) is 1.36. The monoisotopic (exact) mass is 777 g/mol. The smallest absolute Gasteiger partial charge is 0.407 e. The molecule has 0 saturated carbocycles. The number of aromatic nitrogens is 2. The number of H-pyrrole nitrogens is 1. The molecule has 0 spiro atoms. The number of allylic oxidation sites excluding steroid dienone is 1. The zero-order valence-corrected chi connectivity index (χ0v) is 32.7. The SMILES string of the molecule is CCN(CC)[C@@H](C(=O)N1C[C@@H](F)C[C@H]1C1=NC=C(c2ccc(-c3ccc(-c4cnc([C@@H]5C[C@H](F)CN5C(=O)[C@H](C)NC(=O)OC)[nH]4)cc3)cc2)C1)c1ccccc1. The van der Waals surface area contributed by atoms with Gasteiger partial charge in [0.25, 0.3) is 0 Å². The molecule has 3 aromatic carbocycles. The van der Waals surface area contributed by atoms with Crippen molar-refractivity contribution in [3.8, 4) is 22.4 Å². The van der Waals surface area contributed by atoms with E-state index >= 15 is 4.39 Å². The molecule has 0 unspecified atom stereocenters. The molecule has 0 radical (unpaired) electrons. The molecule has 0 bridgehead atoms. The number of likely N-dealkylation sites (N-methyl/N-ethyl adjacent to an activating group) is 1. The number of hydrogen-bond acceptors (Lipinski definition) is 7. The molecule has 7 rings (SSSR count). The van der Waals surface area contributed by atoms with Crippen LogP contribution in [0, 0.1) is 0 Å². The predicted octanol–water partition coefficient (Wildman–Crippen LogP) is 7.31. The number of amides is 3. The van der Waals surface area contributed by atoms with Crippen LogP contribution in [0.2, 0.25) is 0 Å². The van der Waals surface area contributed by atoms with E-state index in [2.05, 4.69) is 49.2 Å². The van der Waals surface area contributed by atoms with Gasteiger partial charge in [0.2, 0.25) is 11.8 Å². The first-order valence-electron chi connectivity index (χ1n) is 19.6. The maximum atomic E-state index is 15.1. The molecule has 4 heterocycles. The quantitative estimate of drug-likeness (QED) is 0.156. The number of benzene rings is 3. The number of aliphatic imine (C=N–C) groups is 1. The van der Waals surface area contributed by atoms with Gasteiger partial charge in [0.05, 0.1) is 44.2 Å². The van der Waals surface area contributed by atoms with Crippen molar-refractivity contribution in [3.05, 3.63) is 108 Å². The van der Waals surface area contributed by atoms with Gasteiger partial charge in [-0.2, -0.15) is 0 Å². The fourth-order valence-electron chi connectivity index (χ4n) is 8.27. The summed E-state index contributed by atoms with van der Waals surface area (Å²) < 4.78 is 34.3. The minimum atomic E-state index is -1.21. The molecular formula is C44H49F2N7O4. The van der Waals surface area contributed by atoms with E-state index in [9.17, 15) is 18.8 Å². The highest BCUT2D eigenvalue weighted by atomic mass is 19.1. The van der Waals surface area contributed by atoms with Gasteiger partial charge in [0.15, 0.2) is 0 Å². The fraction of sp³-hybridized carbons (Fsp3) is 0.386. The standard InChI is InChI=1S/C44H49F2N7O4/c1-5-51(6-2)40(32-10-8-7-9-11-32)43(55)52-25-34(45)21-38(52)36-20-33(23-47-36)30-14-12-28(13-15-30)29-16-18-31(19-17-29)37-24-48-41(50-37)39-22-35(46)26-53(39)42(54)27(3)49-44(56)57-4/h7-19,23-24,27,34-35,38-40H,5-6,20-22,25-26H2,1-4H3,(H,48,50)(H,49,56)/t27-,34-,35-,38-,39-,40+/m0/s1. The summed E-state index contributed by atoms with van der Waals surface area (Å²) in [7, 11) is 1.21. The molecular weight excluding hydrogens is 729 g/mol. The maximum Gasteiger partial charge on any atom is 0.407 e. The maximum absolute atomic E-state index is 15.1. The summed E-state index contributed by atoms with van der Waals surface area (Å²) in [5.74, 6) is -0.0240. The summed E-state index contributed by atoms with van der Waals surface area (Å²) in [5, 5.41) is 2.45. The third-order valence-corrected chi connectivity index (χ3v) is 11.3. The number of likely N-dealkylation sites (tertiary alicyclic amines) is 2. The van der Waals surface area contributed by atoms with Gasteiger partial charge in [-0.15, -0.1) is 0 Å². The summed E-state index contributed by atoms with van der Waals surface area (Å²) in [5.41, 5.74) is 7.41. The average Bonchev–Trinajstić information content (AvgIpc) is 4.06. The van der Waals surface area contributed by atoms with Crippen LogP contribution in [0.5, 0.6) is 0 Å². The van der Waals surface area contributed by atoms with Crippen molar-refractivity contribution in [2.75, 3.05) is 33.3 Å². The molecule has 11 nitrogen and oxygen atoms in total. The minimum Gasteiger partial charge on any atom is -0.453 e.